The Labute approximate surface area is 161 Å². The van der Waals surface area contributed by atoms with Crippen LogP contribution in [-0.2, 0) is 9.53 Å². The average molecular weight is 374 g/mol. The number of carbonyl (C=O) groups excluding carboxylic acids is 2. The number of amides is 1. The Kier molecular flexibility index (Phi) is 7.10. The fourth-order valence-corrected chi connectivity index (χ4v) is 3.87. The van der Waals surface area contributed by atoms with Gasteiger partial charge in [0.25, 0.3) is 5.91 Å². The number of esters is 1. The van der Waals surface area contributed by atoms with Crippen LogP contribution in [0.4, 0.5) is 0 Å². The van der Waals surface area contributed by atoms with Crippen LogP contribution in [-0.4, -0.2) is 44.7 Å². The van der Waals surface area contributed by atoms with Gasteiger partial charge in [-0.1, -0.05) is 0 Å². The molecule has 0 bridgehead atoms. The topological polar surface area (TPSA) is 76.7 Å². The van der Waals surface area contributed by atoms with E-state index in [2.05, 4.69) is 10.6 Å². The second-order valence-corrected chi connectivity index (χ2v) is 7.57. The smallest absolute Gasteiger partial charge is 0.308 e. The molecule has 0 atom stereocenters. The largest absolute Gasteiger partial charge is 0.493 e. The Morgan fingerprint density at radius 2 is 1.70 bits per heavy atom. The first-order valence-electron chi connectivity index (χ1n) is 9.98. The molecule has 0 unspecified atom stereocenters. The van der Waals surface area contributed by atoms with Crippen LogP contribution < -0.4 is 15.4 Å². The van der Waals surface area contributed by atoms with E-state index in [9.17, 15) is 9.59 Å². The van der Waals surface area contributed by atoms with Gasteiger partial charge in [0, 0.05) is 11.6 Å². The maximum Gasteiger partial charge on any atom is 0.308 e. The van der Waals surface area contributed by atoms with E-state index in [-0.39, 0.29) is 23.8 Å². The standard InChI is InChI=1S/C21H30N2O4/c1-26-21(25)17-2-6-18(7-3-17)23-20(24)16-4-8-19(9-5-16)27-14-15-10-12-22-13-11-15/h4-5,8-9,15,17-18,22H,2-3,6-7,10-14H2,1H3,(H,23,24). The maximum absolute atomic E-state index is 12.5. The van der Waals surface area contributed by atoms with Crippen LogP contribution in [0.1, 0.15) is 48.9 Å². The first-order chi connectivity index (χ1) is 13.2. The lowest BCUT2D eigenvalue weighted by molar-refractivity contribution is -0.146. The van der Waals surface area contributed by atoms with Crippen LogP contribution in [0.15, 0.2) is 24.3 Å². The summed E-state index contributed by atoms with van der Waals surface area (Å²) >= 11 is 0. The van der Waals surface area contributed by atoms with E-state index in [0.717, 1.165) is 64.0 Å². The van der Waals surface area contributed by atoms with Crippen molar-refractivity contribution in [2.45, 2.75) is 44.6 Å². The summed E-state index contributed by atoms with van der Waals surface area (Å²) in [7, 11) is 1.43. The number of methoxy groups -OCH3 is 1. The van der Waals surface area contributed by atoms with Crippen LogP contribution >= 0.6 is 0 Å². The van der Waals surface area contributed by atoms with E-state index in [1.54, 1.807) is 0 Å². The van der Waals surface area contributed by atoms with Gasteiger partial charge < -0.3 is 20.1 Å². The third kappa shape index (κ3) is 5.70. The first kappa shape index (κ1) is 19.7. The molecule has 3 rings (SSSR count). The van der Waals surface area contributed by atoms with E-state index in [1.807, 2.05) is 24.3 Å². The third-order valence-electron chi connectivity index (χ3n) is 5.66. The zero-order valence-corrected chi connectivity index (χ0v) is 16.0. The maximum atomic E-state index is 12.5. The van der Waals surface area contributed by atoms with E-state index in [1.165, 1.54) is 7.11 Å². The highest BCUT2D eigenvalue weighted by molar-refractivity contribution is 5.94. The quantitative estimate of drug-likeness (QED) is 0.749. The minimum atomic E-state index is -0.139. The van der Waals surface area contributed by atoms with Crippen molar-refractivity contribution in [2.75, 3.05) is 26.8 Å². The van der Waals surface area contributed by atoms with Gasteiger partial charge in [0.2, 0.25) is 0 Å². The minimum absolute atomic E-state index is 0.0282. The van der Waals surface area contributed by atoms with Gasteiger partial charge in [0.15, 0.2) is 0 Å². The molecule has 1 amide bonds. The number of hydrogen-bond donors (Lipinski definition) is 2. The van der Waals surface area contributed by atoms with Crippen molar-refractivity contribution in [2.24, 2.45) is 11.8 Å². The van der Waals surface area contributed by atoms with Gasteiger partial charge in [-0.3, -0.25) is 9.59 Å². The number of ether oxygens (including phenoxy) is 2. The summed E-state index contributed by atoms with van der Waals surface area (Å²) in [5.74, 6) is 1.18. The fraction of sp³-hybridized carbons (Fsp3) is 0.619. The Hall–Kier alpha value is -2.08. The Bertz CT molecular complexity index is 618. The molecule has 0 spiro atoms. The monoisotopic (exact) mass is 374 g/mol. The second kappa shape index (κ2) is 9.74. The van der Waals surface area contributed by atoms with Gasteiger partial charge in [-0.25, -0.2) is 0 Å². The predicted molar refractivity (Wildman–Crippen MR) is 103 cm³/mol. The van der Waals surface area contributed by atoms with Gasteiger partial charge in [-0.05, 0) is 81.8 Å². The Balaban J connectivity index is 1.43. The SMILES string of the molecule is COC(=O)C1CCC(NC(=O)c2ccc(OCC3CCNCC3)cc2)CC1. The molecule has 148 valence electrons. The lowest BCUT2D eigenvalue weighted by atomic mass is 9.86. The van der Waals surface area contributed by atoms with Crippen LogP contribution in [0.2, 0.25) is 0 Å². The van der Waals surface area contributed by atoms with E-state index in [4.69, 9.17) is 9.47 Å². The van der Waals surface area contributed by atoms with Gasteiger partial charge in [0.05, 0.1) is 19.6 Å². The number of benzene rings is 1. The van der Waals surface area contributed by atoms with Crippen molar-refractivity contribution < 1.29 is 19.1 Å². The molecule has 1 aliphatic carbocycles. The van der Waals surface area contributed by atoms with Crippen LogP contribution in [0.3, 0.4) is 0 Å². The summed E-state index contributed by atoms with van der Waals surface area (Å²) in [4.78, 5) is 24.0. The highest BCUT2D eigenvalue weighted by Crippen LogP contribution is 2.25. The van der Waals surface area contributed by atoms with E-state index >= 15 is 0 Å². The number of piperidine rings is 1. The number of rotatable bonds is 6. The summed E-state index contributed by atoms with van der Waals surface area (Å²) in [6, 6.07) is 7.48. The van der Waals surface area contributed by atoms with Crippen LogP contribution in [0, 0.1) is 11.8 Å². The molecule has 0 aromatic heterocycles. The van der Waals surface area contributed by atoms with Crippen molar-refractivity contribution in [3.8, 4) is 5.75 Å². The normalized spacial score (nSPS) is 23.4. The fourth-order valence-electron chi connectivity index (χ4n) is 3.87. The molecular weight excluding hydrogens is 344 g/mol. The summed E-state index contributed by atoms with van der Waals surface area (Å²) < 4.78 is 10.7. The zero-order chi connectivity index (χ0) is 19.1. The molecule has 2 aliphatic rings. The van der Waals surface area contributed by atoms with Gasteiger partial charge in [-0.2, -0.15) is 0 Å². The number of hydrogen-bond acceptors (Lipinski definition) is 5. The molecular formula is C21H30N2O4. The van der Waals surface area contributed by atoms with Gasteiger partial charge in [-0.15, -0.1) is 0 Å². The van der Waals surface area contributed by atoms with E-state index < -0.39 is 0 Å². The van der Waals surface area contributed by atoms with Crippen molar-refractivity contribution >= 4 is 11.9 Å². The summed E-state index contributed by atoms with van der Waals surface area (Å²) in [5, 5.41) is 6.43. The first-order valence-corrected chi connectivity index (χ1v) is 9.98. The molecule has 1 aromatic rings. The predicted octanol–water partition coefficient (Wildman–Crippen LogP) is 2.53. The minimum Gasteiger partial charge on any atom is -0.493 e. The molecule has 1 aliphatic heterocycles. The molecule has 1 heterocycles. The lowest BCUT2D eigenvalue weighted by Gasteiger charge is -2.27. The number of nitrogens with one attached hydrogen (secondary N) is 2. The average Bonchev–Trinajstić information content (AvgIpc) is 2.73. The molecule has 27 heavy (non-hydrogen) atoms. The summed E-state index contributed by atoms with van der Waals surface area (Å²) in [6.07, 6.45) is 5.45. The van der Waals surface area contributed by atoms with Gasteiger partial charge >= 0.3 is 5.97 Å². The molecule has 2 fully saturated rings. The van der Waals surface area contributed by atoms with Crippen molar-refractivity contribution in [1.82, 2.24) is 10.6 Å². The van der Waals surface area contributed by atoms with Crippen molar-refractivity contribution in [1.29, 1.82) is 0 Å². The Morgan fingerprint density at radius 1 is 1.04 bits per heavy atom. The van der Waals surface area contributed by atoms with E-state index in [0.29, 0.717) is 11.5 Å². The van der Waals surface area contributed by atoms with Crippen LogP contribution in [0.5, 0.6) is 5.75 Å². The Morgan fingerprint density at radius 3 is 2.33 bits per heavy atom. The molecule has 6 heteroatoms. The highest BCUT2D eigenvalue weighted by Gasteiger charge is 2.27. The molecule has 1 saturated carbocycles. The highest BCUT2D eigenvalue weighted by atomic mass is 16.5. The van der Waals surface area contributed by atoms with Crippen molar-refractivity contribution in [3.63, 3.8) is 0 Å². The number of carbonyl (C=O) groups is 2. The summed E-state index contributed by atoms with van der Waals surface area (Å²) in [6.45, 7) is 2.86. The molecule has 2 N–H and O–H groups in total. The van der Waals surface area contributed by atoms with Gasteiger partial charge in [0.1, 0.15) is 5.75 Å². The summed E-state index contributed by atoms with van der Waals surface area (Å²) in [5.41, 5.74) is 0.638. The molecule has 1 aromatic carbocycles. The lowest BCUT2D eigenvalue weighted by Crippen LogP contribution is -2.38. The molecule has 6 nitrogen and oxygen atoms in total. The second-order valence-electron chi connectivity index (χ2n) is 7.57. The molecule has 1 saturated heterocycles. The molecule has 0 radical (unpaired) electrons. The van der Waals surface area contributed by atoms with Crippen LogP contribution in [0.25, 0.3) is 0 Å². The zero-order valence-electron chi connectivity index (χ0n) is 16.0. The third-order valence-corrected chi connectivity index (χ3v) is 5.66. The van der Waals surface area contributed by atoms with Crippen molar-refractivity contribution in [3.05, 3.63) is 29.8 Å².